The average Bonchev–Trinajstić information content (AvgIpc) is 3.01. The Labute approximate surface area is 236 Å². The van der Waals surface area contributed by atoms with Crippen molar-refractivity contribution in [2.24, 2.45) is 0 Å². The smallest absolute Gasteiger partial charge is 0.239 e. The van der Waals surface area contributed by atoms with E-state index in [1.54, 1.807) is 13.3 Å². The minimum Gasteiger partial charge on any atom is -0.489 e. The third kappa shape index (κ3) is 6.79. The lowest BCUT2D eigenvalue weighted by molar-refractivity contribution is 0.162. The van der Waals surface area contributed by atoms with Crippen LogP contribution in [0.5, 0.6) is 11.6 Å². The molecule has 0 unspecified atom stereocenters. The van der Waals surface area contributed by atoms with Gasteiger partial charge in [-0.15, -0.1) is 0 Å². The van der Waals surface area contributed by atoms with Gasteiger partial charge in [0.2, 0.25) is 11.8 Å². The molecule has 2 fully saturated rings. The number of ether oxygens (including phenoxy) is 2. The highest BCUT2D eigenvalue weighted by Gasteiger charge is 2.21. The summed E-state index contributed by atoms with van der Waals surface area (Å²) in [7, 11) is 1.65. The summed E-state index contributed by atoms with van der Waals surface area (Å²) >= 11 is 0. The van der Waals surface area contributed by atoms with Gasteiger partial charge in [0.1, 0.15) is 29.4 Å². The average molecular weight is 543 g/mol. The van der Waals surface area contributed by atoms with Crippen LogP contribution in [0.15, 0.2) is 42.6 Å². The normalized spacial score (nSPS) is 16.4. The number of benzene rings is 1. The first-order valence-electron chi connectivity index (χ1n) is 14.2. The standard InChI is InChI=1S/C30H38N8O2/c1-3-4-15-37-16-18-38(19-17-37)26-6-8-28(35-29(26)39-2)36-30-33-14-11-25(34-30)22-5-7-27(23(20-22)21-31)40-24-9-12-32-13-10-24/h5-8,11,14,20,24,32H,3-4,9-10,12-13,15-19H2,1-2H3,(H,33,34,35,36). The van der Waals surface area contributed by atoms with E-state index in [4.69, 9.17) is 14.5 Å². The van der Waals surface area contributed by atoms with Crippen LogP contribution in [0.4, 0.5) is 17.5 Å². The molecular weight excluding hydrogens is 504 g/mol. The molecule has 2 aliphatic heterocycles. The van der Waals surface area contributed by atoms with Crippen LogP contribution in [-0.2, 0) is 0 Å². The van der Waals surface area contributed by atoms with Gasteiger partial charge in [0.05, 0.1) is 18.4 Å². The first kappa shape index (κ1) is 27.6. The summed E-state index contributed by atoms with van der Waals surface area (Å²) in [5.41, 5.74) is 3.01. The molecule has 0 saturated carbocycles. The molecule has 0 radical (unpaired) electrons. The highest BCUT2D eigenvalue weighted by atomic mass is 16.5. The molecule has 5 rings (SSSR count). The van der Waals surface area contributed by atoms with Crippen molar-refractivity contribution in [3.05, 3.63) is 48.2 Å². The Morgan fingerprint density at radius 2 is 1.90 bits per heavy atom. The molecule has 2 N–H and O–H groups in total. The van der Waals surface area contributed by atoms with Crippen molar-refractivity contribution in [1.29, 1.82) is 5.26 Å². The molecule has 2 saturated heterocycles. The van der Waals surface area contributed by atoms with Gasteiger partial charge in [-0.3, -0.25) is 4.90 Å². The Morgan fingerprint density at radius 3 is 2.65 bits per heavy atom. The van der Waals surface area contributed by atoms with Crippen LogP contribution >= 0.6 is 0 Å². The van der Waals surface area contributed by atoms with E-state index in [1.807, 2.05) is 36.4 Å². The molecule has 0 aliphatic carbocycles. The summed E-state index contributed by atoms with van der Waals surface area (Å²) in [5, 5.41) is 16.3. The largest absolute Gasteiger partial charge is 0.489 e. The molecule has 0 amide bonds. The molecule has 10 nitrogen and oxygen atoms in total. The summed E-state index contributed by atoms with van der Waals surface area (Å²) in [6, 6.07) is 13.7. The van der Waals surface area contributed by atoms with Crippen LogP contribution in [0.1, 0.15) is 38.2 Å². The van der Waals surface area contributed by atoms with E-state index >= 15 is 0 Å². The predicted octanol–water partition coefficient (Wildman–Crippen LogP) is 4.22. The van der Waals surface area contributed by atoms with Crippen LogP contribution in [0.3, 0.4) is 0 Å². The molecule has 3 aromatic rings. The fourth-order valence-electron chi connectivity index (χ4n) is 5.15. The monoisotopic (exact) mass is 542 g/mol. The van der Waals surface area contributed by atoms with Gasteiger partial charge < -0.3 is 25.0 Å². The number of methoxy groups -OCH3 is 1. The topological polar surface area (TPSA) is 111 Å². The number of pyridine rings is 1. The Bertz CT molecular complexity index is 1310. The highest BCUT2D eigenvalue weighted by molar-refractivity contribution is 5.66. The maximum atomic E-state index is 9.77. The first-order valence-corrected chi connectivity index (χ1v) is 14.2. The number of anilines is 3. The zero-order valence-electron chi connectivity index (χ0n) is 23.4. The number of piperazine rings is 1. The number of aromatic nitrogens is 3. The summed E-state index contributed by atoms with van der Waals surface area (Å²) < 4.78 is 11.8. The van der Waals surface area contributed by atoms with Gasteiger partial charge in [0.25, 0.3) is 0 Å². The third-order valence-corrected chi connectivity index (χ3v) is 7.45. The van der Waals surface area contributed by atoms with Crippen LogP contribution in [0.2, 0.25) is 0 Å². The van der Waals surface area contributed by atoms with Crippen molar-refractivity contribution < 1.29 is 9.47 Å². The van der Waals surface area contributed by atoms with Gasteiger partial charge in [-0.1, -0.05) is 13.3 Å². The van der Waals surface area contributed by atoms with E-state index in [-0.39, 0.29) is 6.10 Å². The van der Waals surface area contributed by atoms with Crippen molar-refractivity contribution in [3.63, 3.8) is 0 Å². The molecule has 0 atom stereocenters. The van der Waals surface area contributed by atoms with Gasteiger partial charge in [-0.2, -0.15) is 10.2 Å². The Kier molecular flexibility index (Phi) is 9.26. The zero-order chi connectivity index (χ0) is 27.7. The molecule has 2 aromatic heterocycles. The molecule has 40 heavy (non-hydrogen) atoms. The minimum absolute atomic E-state index is 0.125. The molecule has 0 spiro atoms. The van der Waals surface area contributed by atoms with Crippen LogP contribution in [0, 0.1) is 11.3 Å². The molecule has 1 aromatic carbocycles. The number of nitrogens with one attached hydrogen (secondary N) is 2. The highest BCUT2D eigenvalue weighted by Crippen LogP contribution is 2.31. The predicted molar refractivity (Wildman–Crippen MR) is 156 cm³/mol. The Hall–Kier alpha value is -3.94. The second-order valence-electron chi connectivity index (χ2n) is 10.2. The first-order chi connectivity index (χ1) is 19.7. The van der Waals surface area contributed by atoms with E-state index < -0.39 is 0 Å². The molecule has 2 aliphatic rings. The third-order valence-electron chi connectivity index (χ3n) is 7.45. The van der Waals surface area contributed by atoms with Crippen molar-refractivity contribution in [3.8, 4) is 29.0 Å². The van der Waals surface area contributed by atoms with Gasteiger partial charge in [-0.05, 0) is 75.3 Å². The van der Waals surface area contributed by atoms with Crippen LogP contribution in [0.25, 0.3) is 11.3 Å². The number of hydrogen-bond donors (Lipinski definition) is 2. The second-order valence-corrected chi connectivity index (χ2v) is 10.2. The Morgan fingerprint density at radius 1 is 1.07 bits per heavy atom. The number of hydrogen-bond acceptors (Lipinski definition) is 10. The molecule has 210 valence electrons. The number of piperidine rings is 1. The number of nitriles is 1. The number of nitrogens with zero attached hydrogens (tertiary/aromatic N) is 6. The lowest BCUT2D eigenvalue weighted by Crippen LogP contribution is -2.46. The summed E-state index contributed by atoms with van der Waals surface area (Å²) in [6.07, 6.45) is 6.15. The minimum atomic E-state index is 0.125. The van der Waals surface area contributed by atoms with Crippen molar-refractivity contribution >= 4 is 17.5 Å². The maximum Gasteiger partial charge on any atom is 0.239 e. The fourth-order valence-corrected chi connectivity index (χ4v) is 5.15. The van der Waals surface area contributed by atoms with Gasteiger partial charge in [0, 0.05) is 37.9 Å². The van der Waals surface area contributed by atoms with Gasteiger partial charge in [-0.25, -0.2) is 9.97 Å². The van der Waals surface area contributed by atoms with Gasteiger partial charge >= 0.3 is 0 Å². The molecule has 4 heterocycles. The summed E-state index contributed by atoms with van der Waals surface area (Å²) in [4.78, 5) is 18.6. The van der Waals surface area contributed by atoms with Crippen molar-refractivity contribution in [2.75, 3.05) is 63.1 Å². The SMILES string of the molecule is CCCCN1CCN(c2ccc(Nc3nccc(-c4ccc(OC5CCNCC5)c(C#N)c4)n3)nc2OC)CC1. The molecule has 0 bridgehead atoms. The Balaban J connectivity index is 1.27. The fraction of sp³-hybridized carbons (Fsp3) is 0.467. The van der Waals surface area contributed by atoms with Crippen molar-refractivity contribution in [1.82, 2.24) is 25.2 Å². The van der Waals surface area contributed by atoms with E-state index in [0.29, 0.717) is 34.7 Å². The van der Waals surface area contributed by atoms with Crippen LogP contribution < -0.4 is 25.0 Å². The molecule has 10 heteroatoms. The lowest BCUT2D eigenvalue weighted by atomic mass is 10.1. The van der Waals surface area contributed by atoms with E-state index in [0.717, 1.165) is 69.9 Å². The quantitative estimate of drug-likeness (QED) is 0.386. The summed E-state index contributed by atoms with van der Waals surface area (Å²) in [6.45, 7) is 9.25. The molecular formula is C30H38N8O2. The van der Waals surface area contributed by atoms with Crippen LogP contribution in [-0.4, -0.2) is 78.9 Å². The second kappa shape index (κ2) is 13.4. The number of unbranched alkanes of at least 4 members (excludes halogenated alkanes) is 1. The van der Waals surface area contributed by atoms with E-state index in [9.17, 15) is 5.26 Å². The lowest BCUT2D eigenvalue weighted by Gasteiger charge is -2.36. The van der Waals surface area contributed by atoms with E-state index in [2.05, 4.69) is 43.4 Å². The van der Waals surface area contributed by atoms with Crippen molar-refractivity contribution in [2.45, 2.75) is 38.7 Å². The maximum absolute atomic E-state index is 9.77. The summed E-state index contributed by atoms with van der Waals surface area (Å²) in [5.74, 6) is 2.20. The van der Waals surface area contributed by atoms with Gasteiger partial charge in [0.15, 0.2) is 0 Å². The zero-order valence-corrected chi connectivity index (χ0v) is 23.4. The number of rotatable bonds is 10. The van der Waals surface area contributed by atoms with E-state index in [1.165, 1.54) is 12.8 Å².